The first-order chi connectivity index (χ1) is 9.61. The van der Waals surface area contributed by atoms with Crippen molar-refractivity contribution in [3.63, 3.8) is 0 Å². The van der Waals surface area contributed by atoms with Crippen LogP contribution in [0.3, 0.4) is 0 Å². The first-order valence-corrected chi connectivity index (χ1v) is 8.67. The quantitative estimate of drug-likeness (QED) is 0.746. The van der Waals surface area contributed by atoms with Gasteiger partial charge in [0.15, 0.2) is 0 Å². The lowest BCUT2D eigenvalue weighted by atomic mass is 10.1. The molecule has 0 aliphatic heterocycles. The van der Waals surface area contributed by atoms with Gasteiger partial charge in [0.05, 0.1) is 5.69 Å². The summed E-state index contributed by atoms with van der Waals surface area (Å²) in [6, 6.07) is 7.59. The van der Waals surface area contributed by atoms with Crippen molar-refractivity contribution in [1.82, 2.24) is 5.32 Å². The summed E-state index contributed by atoms with van der Waals surface area (Å²) in [6.07, 6.45) is 3.91. The van der Waals surface area contributed by atoms with Gasteiger partial charge in [-0.3, -0.25) is 0 Å². The van der Waals surface area contributed by atoms with Crippen LogP contribution in [0, 0.1) is 5.92 Å². The van der Waals surface area contributed by atoms with Gasteiger partial charge in [-0.1, -0.05) is 26.8 Å². The van der Waals surface area contributed by atoms with E-state index in [1.54, 1.807) is 0 Å². The van der Waals surface area contributed by atoms with Gasteiger partial charge in [0.2, 0.25) is 0 Å². The molecule has 1 fully saturated rings. The first-order valence-electron chi connectivity index (χ1n) is 7.87. The van der Waals surface area contributed by atoms with Crippen molar-refractivity contribution < 1.29 is 0 Å². The van der Waals surface area contributed by atoms with E-state index in [0.29, 0.717) is 5.92 Å². The lowest BCUT2D eigenvalue weighted by molar-refractivity contribution is 0.552. The molecule has 0 aromatic heterocycles. The number of benzene rings is 1. The molecule has 0 atom stereocenters. The van der Waals surface area contributed by atoms with Gasteiger partial charge in [-0.2, -0.15) is 0 Å². The Labute approximate surface area is 132 Å². The van der Waals surface area contributed by atoms with Gasteiger partial charge in [-0.05, 0) is 65.4 Å². The van der Waals surface area contributed by atoms with Crippen LogP contribution in [-0.4, -0.2) is 19.1 Å². The maximum atomic E-state index is 3.77. The Morgan fingerprint density at radius 2 is 2.10 bits per heavy atom. The molecular weight excluding hydrogens is 312 g/mol. The van der Waals surface area contributed by atoms with E-state index in [2.05, 4.69) is 65.1 Å². The molecule has 1 saturated carbocycles. The molecule has 2 nitrogen and oxygen atoms in total. The average Bonchev–Trinajstić information content (AvgIpc) is 3.21. The van der Waals surface area contributed by atoms with Crippen molar-refractivity contribution >= 4 is 21.6 Å². The van der Waals surface area contributed by atoms with Gasteiger partial charge in [0.25, 0.3) is 0 Å². The van der Waals surface area contributed by atoms with Crippen molar-refractivity contribution in [3.05, 3.63) is 28.2 Å². The monoisotopic (exact) mass is 338 g/mol. The fourth-order valence-electron chi connectivity index (χ4n) is 2.53. The van der Waals surface area contributed by atoms with E-state index in [9.17, 15) is 0 Å². The lowest BCUT2D eigenvalue weighted by Crippen LogP contribution is -2.26. The summed E-state index contributed by atoms with van der Waals surface area (Å²) in [4.78, 5) is 2.56. The molecule has 0 saturated heterocycles. The molecule has 0 unspecified atom stereocenters. The average molecular weight is 339 g/mol. The molecule has 1 aromatic rings. The van der Waals surface area contributed by atoms with Crippen molar-refractivity contribution in [1.29, 1.82) is 0 Å². The van der Waals surface area contributed by atoms with E-state index < -0.39 is 0 Å². The highest BCUT2D eigenvalue weighted by Gasteiger charge is 2.29. The van der Waals surface area contributed by atoms with Crippen LogP contribution < -0.4 is 10.2 Å². The Kier molecular flexibility index (Phi) is 5.91. The predicted octanol–water partition coefficient (Wildman–Crippen LogP) is 4.57. The first kappa shape index (κ1) is 15.8. The van der Waals surface area contributed by atoms with Crippen molar-refractivity contribution in [2.75, 3.05) is 18.0 Å². The van der Waals surface area contributed by atoms with Crippen LogP contribution in [0.25, 0.3) is 0 Å². The molecule has 1 aliphatic rings. The van der Waals surface area contributed by atoms with Gasteiger partial charge < -0.3 is 10.2 Å². The summed E-state index contributed by atoms with van der Waals surface area (Å²) in [7, 11) is 0. The topological polar surface area (TPSA) is 15.3 Å². The number of halogens is 1. The van der Waals surface area contributed by atoms with E-state index in [4.69, 9.17) is 0 Å². The third-order valence-corrected chi connectivity index (χ3v) is 4.29. The smallest absolute Gasteiger partial charge is 0.0513 e. The minimum atomic E-state index is 0.702. The van der Waals surface area contributed by atoms with Gasteiger partial charge in [0, 0.05) is 23.6 Å². The minimum Gasteiger partial charge on any atom is -0.368 e. The lowest BCUT2D eigenvalue weighted by Gasteiger charge is -2.25. The molecule has 20 heavy (non-hydrogen) atoms. The number of hydrogen-bond donors (Lipinski definition) is 1. The van der Waals surface area contributed by atoms with Crippen molar-refractivity contribution in [2.45, 2.75) is 52.6 Å². The molecule has 0 spiro atoms. The Bertz CT molecular complexity index is 427. The highest BCUT2D eigenvalue weighted by Crippen LogP contribution is 2.36. The molecular formula is C17H27BrN2. The summed E-state index contributed by atoms with van der Waals surface area (Å²) in [5.74, 6) is 0.702. The maximum absolute atomic E-state index is 3.77. The minimum absolute atomic E-state index is 0.702. The molecule has 0 amide bonds. The van der Waals surface area contributed by atoms with Crippen LogP contribution in [0.2, 0.25) is 0 Å². The van der Waals surface area contributed by atoms with E-state index in [1.807, 2.05) is 0 Å². The third-order valence-electron chi connectivity index (χ3n) is 3.66. The van der Waals surface area contributed by atoms with Crippen LogP contribution in [0.1, 0.15) is 45.6 Å². The normalized spacial score (nSPS) is 14.8. The standard InChI is InChI=1S/C17H27BrN2/c1-4-9-20(15-6-7-15)17-8-5-14(10-16(17)18)12-19-11-13(2)3/h5,8,10,13,15,19H,4,6-7,9,11-12H2,1-3H3. The number of hydrogen-bond acceptors (Lipinski definition) is 2. The molecule has 1 N–H and O–H groups in total. The molecule has 3 heteroatoms. The van der Waals surface area contributed by atoms with Crippen LogP contribution in [0.15, 0.2) is 22.7 Å². The zero-order valence-corrected chi connectivity index (χ0v) is 14.5. The summed E-state index contributed by atoms with van der Waals surface area (Å²) in [6.45, 7) is 9.92. The zero-order chi connectivity index (χ0) is 14.5. The summed E-state index contributed by atoms with van der Waals surface area (Å²) >= 11 is 3.77. The fourth-order valence-corrected chi connectivity index (χ4v) is 3.18. The summed E-state index contributed by atoms with van der Waals surface area (Å²) in [5, 5.41) is 3.50. The maximum Gasteiger partial charge on any atom is 0.0513 e. The molecule has 0 heterocycles. The summed E-state index contributed by atoms with van der Waals surface area (Å²) in [5.41, 5.74) is 2.72. The van der Waals surface area contributed by atoms with E-state index >= 15 is 0 Å². The Morgan fingerprint density at radius 3 is 2.65 bits per heavy atom. The molecule has 1 aliphatic carbocycles. The molecule has 112 valence electrons. The SMILES string of the molecule is CCCN(c1ccc(CNCC(C)C)cc1Br)C1CC1. The van der Waals surface area contributed by atoms with Gasteiger partial charge in [-0.15, -0.1) is 0 Å². The van der Waals surface area contributed by atoms with E-state index in [-0.39, 0.29) is 0 Å². The second kappa shape index (κ2) is 7.46. The van der Waals surface area contributed by atoms with Crippen LogP contribution in [-0.2, 0) is 6.54 Å². The van der Waals surface area contributed by atoms with Crippen molar-refractivity contribution in [2.24, 2.45) is 5.92 Å². The Morgan fingerprint density at radius 1 is 1.35 bits per heavy atom. The molecule has 2 rings (SSSR count). The second-order valence-electron chi connectivity index (χ2n) is 6.24. The van der Waals surface area contributed by atoms with Crippen molar-refractivity contribution in [3.8, 4) is 0 Å². The van der Waals surface area contributed by atoms with Crippen LogP contribution in [0.4, 0.5) is 5.69 Å². The predicted molar refractivity (Wildman–Crippen MR) is 91.3 cm³/mol. The summed E-state index contributed by atoms with van der Waals surface area (Å²) < 4.78 is 1.24. The highest BCUT2D eigenvalue weighted by atomic mass is 79.9. The largest absolute Gasteiger partial charge is 0.368 e. The van der Waals surface area contributed by atoms with Crippen LogP contribution >= 0.6 is 15.9 Å². The fraction of sp³-hybridized carbons (Fsp3) is 0.647. The Balaban J connectivity index is 2.00. The van der Waals surface area contributed by atoms with Gasteiger partial charge >= 0.3 is 0 Å². The molecule has 0 bridgehead atoms. The van der Waals surface area contributed by atoms with E-state index in [1.165, 1.54) is 35.0 Å². The molecule has 1 aromatic carbocycles. The van der Waals surface area contributed by atoms with Crippen LogP contribution in [0.5, 0.6) is 0 Å². The van der Waals surface area contributed by atoms with Gasteiger partial charge in [-0.25, -0.2) is 0 Å². The van der Waals surface area contributed by atoms with Gasteiger partial charge in [0.1, 0.15) is 0 Å². The second-order valence-corrected chi connectivity index (χ2v) is 7.09. The van der Waals surface area contributed by atoms with E-state index in [0.717, 1.165) is 25.7 Å². The molecule has 0 radical (unpaired) electrons. The number of nitrogens with one attached hydrogen (secondary N) is 1. The number of anilines is 1. The zero-order valence-electron chi connectivity index (χ0n) is 13.0. The Hall–Kier alpha value is -0.540. The number of nitrogens with zero attached hydrogens (tertiary/aromatic N) is 1. The highest BCUT2D eigenvalue weighted by molar-refractivity contribution is 9.10. The number of rotatable bonds is 8. The third kappa shape index (κ3) is 4.49.